The van der Waals surface area contributed by atoms with Crippen LogP contribution in [0.1, 0.15) is 128 Å². The Balaban J connectivity index is 0. The summed E-state index contributed by atoms with van der Waals surface area (Å²) in [4.78, 5) is 0. The summed E-state index contributed by atoms with van der Waals surface area (Å²) in [6, 6.07) is 21.8. The molecule has 244 valence electrons. The minimum atomic E-state index is 0. The van der Waals surface area contributed by atoms with Gasteiger partial charge in [0.2, 0.25) is 0 Å². The first-order chi connectivity index (χ1) is 19.3. The van der Waals surface area contributed by atoms with Gasteiger partial charge in [0.25, 0.3) is 0 Å². The molecular weight excluding hydrogens is 536 g/mol. The number of halogens is 1. The summed E-state index contributed by atoms with van der Waals surface area (Å²) in [6.07, 6.45) is 22.6. The Morgan fingerprint density at radius 3 is 0.952 bits per heavy atom. The predicted molar refractivity (Wildman–Crippen MR) is 181 cm³/mol. The van der Waals surface area contributed by atoms with Crippen LogP contribution in [0.5, 0.6) is 0 Å². The Hall–Kier alpha value is -1.39. The molecule has 2 aromatic rings. The molecular formula is C38H69ClN2O. The Bertz CT molecular complexity index is 741. The lowest BCUT2D eigenvalue weighted by molar-refractivity contribution is -0.903. The third-order valence-electron chi connectivity index (χ3n) is 8.14. The van der Waals surface area contributed by atoms with Crippen molar-refractivity contribution in [3.8, 4) is 0 Å². The fourth-order valence-electron chi connectivity index (χ4n) is 5.66. The third kappa shape index (κ3) is 25.1. The van der Waals surface area contributed by atoms with Crippen LogP contribution < -0.4 is 12.4 Å². The first-order valence-corrected chi connectivity index (χ1v) is 17.0. The molecule has 0 atom stereocenters. The zero-order valence-corrected chi connectivity index (χ0v) is 29.4. The summed E-state index contributed by atoms with van der Waals surface area (Å²) in [5, 5.41) is 0. The molecule has 42 heavy (non-hydrogen) atoms. The molecule has 0 saturated carbocycles. The zero-order valence-electron chi connectivity index (χ0n) is 28.6. The minimum Gasteiger partial charge on any atom is -1.00 e. The molecule has 4 heteroatoms. The molecule has 0 heterocycles. The second-order valence-corrected chi connectivity index (χ2v) is 13.6. The van der Waals surface area contributed by atoms with E-state index in [1.54, 1.807) is 0 Å². The Morgan fingerprint density at radius 2 is 0.667 bits per heavy atom. The van der Waals surface area contributed by atoms with Crippen molar-refractivity contribution < 1.29 is 26.8 Å². The molecule has 0 fully saturated rings. The van der Waals surface area contributed by atoms with Gasteiger partial charge < -0.3 is 26.8 Å². The molecule has 3 nitrogen and oxygen atoms in total. The van der Waals surface area contributed by atoms with Crippen LogP contribution in [0, 0.1) is 0 Å². The molecule has 0 saturated heterocycles. The van der Waals surface area contributed by atoms with E-state index in [0.29, 0.717) is 0 Å². The molecule has 2 aromatic carbocycles. The van der Waals surface area contributed by atoms with Gasteiger partial charge in [-0.05, 0) is 25.7 Å². The lowest BCUT2D eigenvalue weighted by Crippen LogP contribution is -3.00. The van der Waals surface area contributed by atoms with E-state index in [-0.39, 0.29) is 17.9 Å². The standard InChI is InChI=1S/2C19H34N.ClH.H2O/c2*1-4-5-6-7-8-9-10-14-17-20(2,3)18-19-15-12-11-13-16-19;;/h2*11-13,15-16H,4-10,14,17-18H2,1-3H3;1H;1H2/q2*+1;;/p-2. The maximum atomic E-state index is 2.36. The minimum absolute atomic E-state index is 0. The van der Waals surface area contributed by atoms with Gasteiger partial charge in [-0.3, -0.25) is 0 Å². The Kier molecular flexibility index (Phi) is 27.7. The highest BCUT2D eigenvalue weighted by Gasteiger charge is 2.15. The molecule has 0 aromatic heterocycles. The number of rotatable bonds is 22. The molecule has 0 aliphatic heterocycles. The fourth-order valence-corrected chi connectivity index (χ4v) is 5.66. The van der Waals surface area contributed by atoms with Crippen LogP contribution in [-0.4, -0.2) is 55.7 Å². The maximum Gasteiger partial charge on any atom is 0.104 e. The fraction of sp³-hybridized carbons (Fsp3) is 0.684. The average Bonchev–Trinajstić information content (AvgIpc) is 2.92. The van der Waals surface area contributed by atoms with Gasteiger partial charge in [0.1, 0.15) is 13.1 Å². The van der Waals surface area contributed by atoms with Crippen LogP contribution in [0.15, 0.2) is 60.7 Å². The quantitative estimate of drug-likeness (QED) is 0.100. The number of unbranched alkanes of at least 4 members (excludes halogenated alkanes) is 14. The molecule has 1 N–H and O–H groups in total. The lowest BCUT2D eigenvalue weighted by atomic mass is 10.1. The van der Waals surface area contributed by atoms with Crippen molar-refractivity contribution in [3.63, 3.8) is 0 Å². The van der Waals surface area contributed by atoms with Crippen molar-refractivity contribution in [2.24, 2.45) is 0 Å². The normalized spacial score (nSPS) is 11.2. The van der Waals surface area contributed by atoms with Gasteiger partial charge in [-0.25, -0.2) is 0 Å². The van der Waals surface area contributed by atoms with Gasteiger partial charge in [-0.2, -0.15) is 0 Å². The van der Waals surface area contributed by atoms with Gasteiger partial charge in [0.05, 0.1) is 41.3 Å². The van der Waals surface area contributed by atoms with Gasteiger partial charge in [0, 0.05) is 11.1 Å². The van der Waals surface area contributed by atoms with E-state index in [1.165, 1.54) is 127 Å². The molecule has 0 aliphatic carbocycles. The SMILES string of the molecule is CCCCCCCCCC[N+](C)(C)Cc1ccccc1.CCCCCCCCCC[N+](C)(C)Cc1ccccc1.[Cl-].[OH-]. The van der Waals surface area contributed by atoms with Crippen molar-refractivity contribution >= 4 is 0 Å². The van der Waals surface area contributed by atoms with E-state index < -0.39 is 0 Å². The van der Waals surface area contributed by atoms with E-state index >= 15 is 0 Å². The molecule has 2 rings (SSSR count). The summed E-state index contributed by atoms with van der Waals surface area (Å²) in [5.74, 6) is 0. The van der Waals surface area contributed by atoms with E-state index in [2.05, 4.69) is 103 Å². The summed E-state index contributed by atoms with van der Waals surface area (Å²) in [7, 11) is 9.42. The highest BCUT2D eigenvalue weighted by molar-refractivity contribution is 5.14. The summed E-state index contributed by atoms with van der Waals surface area (Å²) in [6.45, 7) is 9.46. The summed E-state index contributed by atoms with van der Waals surface area (Å²) < 4.78 is 2.22. The highest BCUT2D eigenvalue weighted by Crippen LogP contribution is 2.15. The lowest BCUT2D eigenvalue weighted by Gasteiger charge is -2.30. The van der Waals surface area contributed by atoms with Crippen LogP contribution in [-0.2, 0) is 13.1 Å². The van der Waals surface area contributed by atoms with Crippen LogP contribution >= 0.6 is 0 Å². The molecule has 0 aliphatic rings. The molecule has 0 spiro atoms. The summed E-state index contributed by atoms with van der Waals surface area (Å²) >= 11 is 0. The number of nitrogens with zero attached hydrogens (tertiary/aromatic N) is 2. The molecule has 0 bridgehead atoms. The first kappa shape index (κ1) is 42.7. The van der Waals surface area contributed by atoms with Crippen LogP contribution in [0.2, 0.25) is 0 Å². The second-order valence-electron chi connectivity index (χ2n) is 13.6. The highest BCUT2D eigenvalue weighted by atomic mass is 35.5. The van der Waals surface area contributed by atoms with Crippen molar-refractivity contribution in [2.45, 2.75) is 130 Å². The molecule has 0 unspecified atom stereocenters. The van der Waals surface area contributed by atoms with Crippen LogP contribution in [0.4, 0.5) is 0 Å². The Labute approximate surface area is 269 Å². The topological polar surface area (TPSA) is 30.0 Å². The first-order valence-electron chi connectivity index (χ1n) is 17.0. The number of hydrogen-bond donors (Lipinski definition) is 0. The van der Waals surface area contributed by atoms with Crippen molar-refractivity contribution in [3.05, 3.63) is 71.8 Å². The number of benzene rings is 2. The maximum absolute atomic E-state index is 2.36. The number of quaternary nitrogens is 2. The van der Waals surface area contributed by atoms with Crippen molar-refractivity contribution in [2.75, 3.05) is 41.3 Å². The average molecular weight is 605 g/mol. The monoisotopic (exact) mass is 605 g/mol. The Morgan fingerprint density at radius 1 is 0.405 bits per heavy atom. The van der Waals surface area contributed by atoms with Crippen molar-refractivity contribution in [1.29, 1.82) is 0 Å². The third-order valence-corrected chi connectivity index (χ3v) is 8.14. The van der Waals surface area contributed by atoms with E-state index in [1.807, 2.05) is 0 Å². The second kappa shape index (κ2) is 27.2. The van der Waals surface area contributed by atoms with Crippen molar-refractivity contribution in [1.82, 2.24) is 0 Å². The van der Waals surface area contributed by atoms with Gasteiger partial charge in [-0.1, -0.05) is 152 Å². The zero-order chi connectivity index (χ0) is 29.4. The van der Waals surface area contributed by atoms with E-state index in [0.717, 1.165) is 22.1 Å². The van der Waals surface area contributed by atoms with Gasteiger partial charge in [0.15, 0.2) is 0 Å². The van der Waals surface area contributed by atoms with Crippen LogP contribution in [0.3, 0.4) is 0 Å². The number of hydrogen-bond acceptors (Lipinski definition) is 1. The van der Waals surface area contributed by atoms with E-state index in [4.69, 9.17) is 0 Å². The predicted octanol–water partition coefficient (Wildman–Crippen LogP) is 7.63. The van der Waals surface area contributed by atoms with Crippen LogP contribution in [0.25, 0.3) is 0 Å². The smallest absolute Gasteiger partial charge is 0.104 e. The molecule has 0 amide bonds. The van der Waals surface area contributed by atoms with Gasteiger partial charge >= 0.3 is 0 Å². The molecule has 0 radical (unpaired) electrons. The van der Waals surface area contributed by atoms with Gasteiger partial charge in [-0.15, -0.1) is 0 Å². The van der Waals surface area contributed by atoms with E-state index in [9.17, 15) is 0 Å². The summed E-state index contributed by atoms with van der Waals surface area (Å²) in [5.41, 5.74) is 2.91. The largest absolute Gasteiger partial charge is 1.00 e.